The van der Waals surface area contributed by atoms with Crippen LogP contribution in [0.25, 0.3) is 0 Å². The average molecular weight is 328 g/mol. The normalized spacial score (nSPS) is 19.1. The number of benzene rings is 2. The summed E-state index contributed by atoms with van der Waals surface area (Å²) in [6.45, 7) is 1.39. The first-order valence-corrected chi connectivity index (χ1v) is 8.02. The van der Waals surface area contributed by atoms with E-state index < -0.39 is 5.91 Å². The number of methoxy groups -OCH3 is 1. The second-order valence-corrected chi connectivity index (χ2v) is 6.14. The molecule has 2 aromatic carbocycles. The third kappa shape index (κ3) is 3.57. The molecule has 3 N–H and O–H groups in total. The summed E-state index contributed by atoms with van der Waals surface area (Å²) in [5, 5.41) is 3.37. The fraction of sp³-hybridized carbons (Fsp3) is 0.316. The van der Waals surface area contributed by atoms with Gasteiger partial charge in [0.25, 0.3) is 0 Å². The molecule has 1 amide bonds. The third-order valence-corrected chi connectivity index (χ3v) is 4.52. The summed E-state index contributed by atoms with van der Waals surface area (Å²) < 4.78 is 18.8. The zero-order valence-electron chi connectivity index (χ0n) is 13.6. The van der Waals surface area contributed by atoms with Crippen molar-refractivity contribution < 1.29 is 13.9 Å². The van der Waals surface area contributed by atoms with Gasteiger partial charge in [0.1, 0.15) is 11.6 Å². The van der Waals surface area contributed by atoms with Crippen molar-refractivity contribution in [1.29, 1.82) is 0 Å². The Labute approximate surface area is 140 Å². The molecule has 24 heavy (non-hydrogen) atoms. The van der Waals surface area contributed by atoms with Crippen LogP contribution in [0.4, 0.5) is 4.39 Å². The summed E-state index contributed by atoms with van der Waals surface area (Å²) in [5.41, 5.74) is 7.76. The van der Waals surface area contributed by atoms with E-state index in [9.17, 15) is 9.18 Å². The summed E-state index contributed by atoms with van der Waals surface area (Å²) in [7, 11) is 1.60. The summed E-state index contributed by atoms with van der Waals surface area (Å²) in [6, 6.07) is 12.0. The van der Waals surface area contributed by atoms with E-state index in [0.717, 1.165) is 29.8 Å². The largest absolute Gasteiger partial charge is 0.496 e. The Morgan fingerprint density at radius 3 is 2.88 bits per heavy atom. The monoisotopic (exact) mass is 328 g/mol. The van der Waals surface area contributed by atoms with Crippen molar-refractivity contribution in [3.63, 3.8) is 0 Å². The number of nitrogens with one attached hydrogen (secondary N) is 1. The quantitative estimate of drug-likeness (QED) is 0.821. The van der Waals surface area contributed by atoms with Crippen LogP contribution < -0.4 is 15.8 Å². The maximum absolute atomic E-state index is 13.5. The van der Waals surface area contributed by atoms with Gasteiger partial charge in [0.05, 0.1) is 7.11 Å². The van der Waals surface area contributed by atoms with Gasteiger partial charge in [-0.3, -0.25) is 4.79 Å². The molecular weight excluding hydrogens is 307 g/mol. The number of primary amides is 1. The van der Waals surface area contributed by atoms with Gasteiger partial charge >= 0.3 is 0 Å². The van der Waals surface area contributed by atoms with E-state index in [0.29, 0.717) is 23.9 Å². The molecule has 2 atom stereocenters. The topological polar surface area (TPSA) is 64.3 Å². The van der Waals surface area contributed by atoms with Crippen LogP contribution >= 0.6 is 0 Å². The van der Waals surface area contributed by atoms with Crippen molar-refractivity contribution in [2.24, 2.45) is 11.7 Å². The van der Waals surface area contributed by atoms with E-state index in [1.807, 2.05) is 12.1 Å². The highest BCUT2D eigenvalue weighted by Crippen LogP contribution is 2.50. The Kier molecular flexibility index (Phi) is 4.81. The highest BCUT2D eigenvalue weighted by Gasteiger charge is 2.39. The van der Waals surface area contributed by atoms with E-state index in [-0.39, 0.29) is 5.82 Å². The highest BCUT2D eigenvalue weighted by molar-refractivity contribution is 5.94. The number of ether oxygens (including phenoxy) is 1. The molecule has 2 unspecified atom stereocenters. The van der Waals surface area contributed by atoms with Crippen molar-refractivity contribution in [1.82, 2.24) is 5.32 Å². The number of hydrogen-bond acceptors (Lipinski definition) is 3. The van der Waals surface area contributed by atoms with E-state index in [1.54, 1.807) is 31.4 Å². The minimum atomic E-state index is -0.416. The van der Waals surface area contributed by atoms with Gasteiger partial charge in [-0.05, 0) is 54.6 Å². The minimum absolute atomic E-state index is 0.236. The molecule has 2 aromatic rings. The molecular formula is C19H21FN2O2. The molecule has 1 saturated carbocycles. The maximum Gasteiger partial charge on any atom is 0.249 e. The Morgan fingerprint density at radius 1 is 1.33 bits per heavy atom. The summed E-state index contributed by atoms with van der Waals surface area (Å²) >= 11 is 0. The Morgan fingerprint density at radius 2 is 2.12 bits per heavy atom. The van der Waals surface area contributed by atoms with Gasteiger partial charge in [-0.25, -0.2) is 4.39 Å². The van der Waals surface area contributed by atoms with Crippen LogP contribution in [0, 0.1) is 11.7 Å². The van der Waals surface area contributed by atoms with Crippen LogP contribution in [0.5, 0.6) is 5.75 Å². The van der Waals surface area contributed by atoms with Crippen molar-refractivity contribution in [3.05, 3.63) is 65.0 Å². The Hall–Kier alpha value is -2.40. The molecule has 0 bridgehead atoms. The molecule has 5 heteroatoms. The second-order valence-electron chi connectivity index (χ2n) is 6.14. The molecule has 0 saturated heterocycles. The molecule has 0 heterocycles. The van der Waals surface area contributed by atoms with Crippen molar-refractivity contribution in [3.8, 4) is 5.75 Å². The fourth-order valence-corrected chi connectivity index (χ4v) is 3.16. The van der Waals surface area contributed by atoms with Crippen LogP contribution in [0.2, 0.25) is 0 Å². The number of hydrogen-bond donors (Lipinski definition) is 2. The van der Waals surface area contributed by atoms with E-state index in [4.69, 9.17) is 10.5 Å². The number of rotatable bonds is 7. The van der Waals surface area contributed by atoms with E-state index in [2.05, 4.69) is 5.32 Å². The Bertz CT molecular complexity index is 748. The number of nitrogens with two attached hydrogens (primary N) is 1. The molecule has 0 radical (unpaired) electrons. The zero-order chi connectivity index (χ0) is 17.1. The van der Waals surface area contributed by atoms with Crippen LogP contribution in [-0.2, 0) is 6.54 Å². The lowest BCUT2D eigenvalue weighted by Crippen LogP contribution is -2.21. The third-order valence-electron chi connectivity index (χ3n) is 4.52. The van der Waals surface area contributed by atoms with Gasteiger partial charge in [0.15, 0.2) is 0 Å². The summed E-state index contributed by atoms with van der Waals surface area (Å²) in [4.78, 5) is 11.4. The number of carbonyl (C=O) groups excluding carboxylic acids is 1. The van der Waals surface area contributed by atoms with Crippen LogP contribution in [0.15, 0.2) is 42.5 Å². The van der Waals surface area contributed by atoms with Crippen LogP contribution in [0.1, 0.15) is 33.8 Å². The molecule has 1 aliphatic rings. The molecule has 4 nitrogen and oxygen atoms in total. The number of halogens is 1. The van der Waals surface area contributed by atoms with Gasteiger partial charge in [0, 0.05) is 17.7 Å². The van der Waals surface area contributed by atoms with Crippen LogP contribution in [-0.4, -0.2) is 19.6 Å². The standard InChI is InChI=1S/C19H21FN2O2/c1-24-18-7-6-14(20)9-17(18)16-8-13(16)11-22-10-12-4-2-3-5-15(12)19(21)23/h2-7,9,13,16,22H,8,10-11H2,1H3,(H2,21,23). The lowest BCUT2D eigenvalue weighted by Gasteiger charge is -2.10. The number of amides is 1. The zero-order valence-corrected chi connectivity index (χ0v) is 13.6. The van der Waals surface area contributed by atoms with E-state index >= 15 is 0 Å². The van der Waals surface area contributed by atoms with Gasteiger partial charge in [-0.2, -0.15) is 0 Å². The molecule has 0 aromatic heterocycles. The van der Waals surface area contributed by atoms with Crippen molar-refractivity contribution >= 4 is 5.91 Å². The predicted octanol–water partition coefficient (Wildman–Crippen LogP) is 2.83. The fourth-order valence-electron chi connectivity index (χ4n) is 3.16. The SMILES string of the molecule is COc1ccc(F)cc1C1CC1CNCc1ccccc1C(N)=O. The predicted molar refractivity (Wildman–Crippen MR) is 90.5 cm³/mol. The first-order chi connectivity index (χ1) is 11.6. The smallest absolute Gasteiger partial charge is 0.249 e. The second kappa shape index (κ2) is 7.01. The van der Waals surface area contributed by atoms with Crippen molar-refractivity contribution in [2.45, 2.75) is 18.9 Å². The number of carbonyl (C=O) groups is 1. The van der Waals surface area contributed by atoms with Crippen molar-refractivity contribution in [2.75, 3.05) is 13.7 Å². The summed E-state index contributed by atoms with van der Waals surface area (Å²) in [5.74, 6) is 0.847. The molecule has 1 aliphatic carbocycles. The molecule has 0 aliphatic heterocycles. The summed E-state index contributed by atoms with van der Waals surface area (Å²) in [6.07, 6.45) is 1.00. The lowest BCUT2D eigenvalue weighted by atomic mass is 10.1. The van der Waals surface area contributed by atoms with Gasteiger partial charge < -0.3 is 15.8 Å². The van der Waals surface area contributed by atoms with Crippen LogP contribution in [0.3, 0.4) is 0 Å². The highest BCUT2D eigenvalue weighted by atomic mass is 19.1. The lowest BCUT2D eigenvalue weighted by molar-refractivity contribution is 0.0999. The van der Waals surface area contributed by atoms with Gasteiger partial charge in [-0.1, -0.05) is 18.2 Å². The Balaban J connectivity index is 1.57. The average Bonchev–Trinajstić information content (AvgIpc) is 3.34. The van der Waals surface area contributed by atoms with Gasteiger partial charge in [-0.15, -0.1) is 0 Å². The first kappa shape index (κ1) is 16.5. The molecule has 126 valence electrons. The molecule has 3 rings (SSSR count). The molecule has 1 fully saturated rings. The first-order valence-electron chi connectivity index (χ1n) is 8.02. The van der Waals surface area contributed by atoms with Gasteiger partial charge in [0.2, 0.25) is 5.91 Å². The van der Waals surface area contributed by atoms with E-state index in [1.165, 1.54) is 6.07 Å². The minimum Gasteiger partial charge on any atom is -0.496 e. The maximum atomic E-state index is 13.5. The molecule has 0 spiro atoms.